The molecule has 4 nitrogen and oxygen atoms in total. The summed E-state index contributed by atoms with van der Waals surface area (Å²) in [7, 11) is 2.03. The van der Waals surface area contributed by atoms with Gasteiger partial charge in [0.1, 0.15) is 0 Å². The molecule has 1 heterocycles. The Balaban J connectivity index is 2.33. The van der Waals surface area contributed by atoms with E-state index in [-0.39, 0.29) is 0 Å². The smallest absolute Gasteiger partial charge is 0.316 e. The maximum Gasteiger partial charge on any atom is 0.316 e. The molecule has 90 valence electrons. The fraction of sp³-hybridized carbons (Fsp3) is 0.0714. The molecule has 0 aliphatic rings. The number of rotatable bonds is 1. The minimum absolute atomic E-state index is 0.547. The maximum absolute atomic E-state index is 10.9. The van der Waals surface area contributed by atoms with E-state index in [1.165, 1.54) is 10.9 Å². The van der Waals surface area contributed by atoms with E-state index in [9.17, 15) is 4.79 Å². The molecule has 0 aliphatic heterocycles. The van der Waals surface area contributed by atoms with Gasteiger partial charge in [0.15, 0.2) is 0 Å². The molecule has 18 heavy (non-hydrogen) atoms. The standard InChI is InChI=1S/C14H13N3O/c1-17-12-5-3-2-4-10(12)11-8-9(16-14(15)18)6-7-13(11)17/h2-8H,1H3,(H3,15,16,18). The highest BCUT2D eigenvalue weighted by Crippen LogP contribution is 2.29. The summed E-state index contributed by atoms with van der Waals surface area (Å²) in [6.07, 6.45) is 0. The lowest BCUT2D eigenvalue weighted by Crippen LogP contribution is -2.19. The number of carbonyl (C=O) groups excluding carboxylic acids is 1. The van der Waals surface area contributed by atoms with Gasteiger partial charge in [-0.3, -0.25) is 0 Å². The van der Waals surface area contributed by atoms with Gasteiger partial charge in [-0.2, -0.15) is 0 Å². The van der Waals surface area contributed by atoms with Gasteiger partial charge >= 0.3 is 6.03 Å². The van der Waals surface area contributed by atoms with Gasteiger partial charge in [-0.1, -0.05) is 18.2 Å². The van der Waals surface area contributed by atoms with Crippen LogP contribution in [0.3, 0.4) is 0 Å². The van der Waals surface area contributed by atoms with Crippen molar-refractivity contribution in [2.24, 2.45) is 12.8 Å². The Labute approximate surface area is 104 Å². The first-order valence-corrected chi connectivity index (χ1v) is 5.70. The number of nitrogens with one attached hydrogen (secondary N) is 1. The maximum atomic E-state index is 10.9. The number of hydrogen-bond acceptors (Lipinski definition) is 1. The molecule has 0 fully saturated rings. The zero-order valence-electron chi connectivity index (χ0n) is 9.97. The van der Waals surface area contributed by atoms with Gasteiger partial charge in [0, 0.05) is 34.5 Å². The molecular weight excluding hydrogens is 226 g/mol. The molecule has 0 spiro atoms. The minimum atomic E-state index is -0.547. The van der Waals surface area contributed by atoms with Crippen LogP contribution in [-0.4, -0.2) is 10.6 Å². The first kappa shape index (κ1) is 10.7. The van der Waals surface area contributed by atoms with Crippen LogP contribution in [0.1, 0.15) is 0 Å². The SMILES string of the molecule is Cn1c2ccccc2c2cc(NC(N)=O)ccc21. The van der Waals surface area contributed by atoms with E-state index in [1.807, 2.05) is 37.4 Å². The molecule has 1 aromatic heterocycles. The van der Waals surface area contributed by atoms with Gasteiger partial charge in [-0.25, -0.2) is 4.79 Å². The zero-order chi connectivity index (χ0) is 12.7. The predicted molar refractivity (Wildman–Crippen MR) is 73.6 cm³/mol. The molecule has 0 saturated carbocycles. The second-order valence-corrected chi connectivity index (χ2v) is 4.30. The number of amides is 2. The molecular formula is C14H13N3O. The minimum Gasteiger partial charge on any atom is -0.351 e. The number of hydrogen-bond donors (Lipinski definition) is 2. The molecule has 2 aromatic carbocycles. The average Bonchev–Trinajstić information content (AvgIpc) is 2.63. The van der Waals surface area contributed by atoms with Crippen LogP contribution < -0.4 is 11.1 Å². The highest BCUT2D eigenvalue weighted by molar-refractivity contribution is 6.09. The lowest BCUT2D eigenvalue weighted by Gasteiger charge is -2.02. The van der Waals surface area contributed by atoms with Crippen molar-refractivity contribution in [3.05, 3.63) is 42.5 Å². The van der Waals surface area contributed by atoms with Crippen LogP contribution in [-0.2, 0) is 7.05 Å². The highest BCUT2D eigenvalue weighted by Gasteiger charge is 2.08. The topological polar surface area (TPSA) is 60.1 Å². The quantitative estimate of drug-likeness (QED) is 0.674. The largest absolute Gasteiger partial charge is 0.351 e. The van der Waals surface area contributed by atoms with Crippen LogP contribution in [0, 0.1) is 0 Å². The third-order valence-electron chi connectivity index (χ3n) is 3.18. The van der Waals surface area contributed by atoms with E-state index in [4.69, 9.17) is 5.73 Å². The van der Waals surface area contributed by atoms with E-state index in [0.29, 0.717) is 5.69 Å². The summed E-state index contributed by atoms with van der Waals surface area (Å²) in [6.45, 7) is 0. The third kappa shape index (κ3) is 1.50. The number of aromatic nitrogens is 1. The van der Waals surface area contributed by atoms with Crippen molar-refractivity contribution < 1.29 is 4.79 Å². The van der Waals surface area contributed by atoms with E-state index in [0.717, 1.165) is 10.9 Å². The number of carbonyl (C=O) groups is 1. The lowest BCUT2D eigenvalue weighted by molar-refractivity contribution is 0.259. The number of primary amides is 1. The highest BCUT2D eigenvalue weighted by atomic mass is 16.2. The molecule has 0 saturated heterocycles. The average molecular weight is 239 g/mol. The third-order valence-corrected chi connectivity index (χ3v) is 3.18. The summed E-state index contributed by atoms with van der Waals surface area (Å²) in [6, 6.07) is 13.4. The van der Waals surface area contributed by atoms with E-state index < -0.39 is 6.03 Å². The monoisotopic (exact) mass is 239 g/mol. The van der Waals surface area contributed by atoms with Crippen molar-refractivity contribution >= 4 is 33.5 Å². The van der Waals surface area contributed by atoms with Crippen molar-refractivity contribution in [2.75, 3.05) is 5.32 Å². The van der Waals surface area contributed by atoms with Gasteiger partial charge in [0.2, 0.25) is 0 Å². The fourth-order valence-electron chi connectivity index (χ4n) is 2.39. The fourth-order valence-corrected chi connectivity index (χ4v) is 2.39. The first-order chi connectivity index (χ1) is 8.66. The molecule has 0 unspecified atom stereocenters. The molecule has 0 atom stereocenters. The molecule has 3 rings (SSSR count). The first-order valence-electron chi connectivity index (χ1n) is 5.70. The van der Waals surface area contributed by atoms with Crippen LogP contribution in [0.15, 0.2) is 42.5 Å². The van der Waals surface area contributed by atoms with E-state index >= 15 is 0 Å². The Morgan fingerprint density at radius 1 is 1.11 bits per heavy atom. The number of anilines is 1. The normalized spacial score (nSPS) is 10.9. The number of fused-ring (bicyclic) bond motifs is 3. The van der Waals surface area contributed by atoms with Crippen molar-refractivity contribution in [3.8, 4) is 0 Å². The molecule has 0 radical (unpaired) electrons. The number of aryl methyl sites for hydroxylation is 1. The Morgan fingerprint density at radius 3 is 2.61 bits per heavy atom. The summed E-state index contributed by atoms with van der Waals surface area (Å²) in [4.78, 5) is 10.9. The number of urea groups is 1. The van der Waals surface area contributed by atoms with Gasteiger partial charge in [-0.15, -0.1) is 0 Å². The van der Waals surface area contributed by atoms with Crippen LogP contribution in [0.5, 0.6) is 0 Å². The Bertz CT molecular complexity index is 758. The lowest BCUT2D eigenvalue weighted by atomic mass is 10.1. The summed E-state index contributed by atoms with van der Waals surface area (Å²) < 4.78 is 2.14. The number of para-hydroxylation sites is 1. The summed E-state index contributed by atoms with van der Waals surface area (Å²) >= 11 is 0. The van der Waals surface area contributed by atoms with Crippen LogP contribution in [0.2, 0.25) is 0 Å². The van der Waals surface area contributed by atoms with Crippen LogP contribution in [0.4, 0.5) is 10.5 Å². The Hall–Kier alpha value is -2.49. The van der Waals surface area contributed by atoms with Crippen LogP contribution >= 0.6 is 0 Å². The summed E-state index contributed by atoms with van der Waals surface area (Å²) in [5.74, 6) is 0. The van der Waals surface area contributed by atoms with Crippen molar-refractivity contribution in [2.45, 2.75) is 0 Å². The van der Waals surface area contributed by atoms with Gasteiger partial charge in [0.25, 0.3) is 0 Å². The van der Waals surface area contributed by atoms with Crippen LogP contribution in [0.25, 0.3) is 21.8 Å². The summed E-state index contributed by atoms with van der Waals surface area (Å²) in [5, 5.41) is 4.88. The number of nitrogens with zero attached hydrogens (tertiary/aromatic N) is 1. The predicted octanol–water partition coefficient (Wildman–Crippen LogP) is 2.82. The molecule has 2 amide bonds. The number of benzene rings is 2. The number of nitrogens with two attached hydrogens (primary N) is 1. The Kier molecular flexibility index (Phi) is 2.23. The van der Waals surface area contributed by atoms with Gasteiger partial charge in [0.05, 0.1) is 0 Å². The Morgan fingerprint density at radius 2 is 1.83 bits per heavy atom. The molecule has 3 N–H and O–H groups in total. The second kappa shape index (κ2) is 3.77. The molecule has 3 aromatic rings. The second-order valence-electron chi connectivity index (χ2n) is 4.30. The van der Waals surface area contributed by atoms with Gasteiger partial charge in [-0.05, 0) is 24.3 Å². The zero-order valence-corrected chi connectivity index (χ0v) is 9.97. The molecule has 0 aliphatic carbocycles. The molecule has 4 heteroatoms. The van der Waals surface area contributed by atoms with Crippen molar-refractivity contribution in [1.29, 1.82) is 0 Å². The van der Waals surface area contributed by atoms with Crippen molar-refractivity contribution in [3.63, 3.8) is 0 Å². The van der Waals surface area contributed by atoms with E-state index in [1.54, 1.807) is 0 Å². The van der Waals surface area contributed by atoms with E-state index in [2.05, 4.69) is 22.0 Å². The summed E-state index contributed by atoms with van der Waals surface area (Å²) in [5.41, 5.74) is 8.15. The van der Waals surface area contributed by atoms with Gasteiger partial charge < -0.3 is 15.6 Å². The van der Waals surface area contributed by atoms with Crippen molar-refractivity contribution in [1.82, 2.24) is 4.57 Å². The molecule has 0 bridgehead atoms.